The monoisotopic (exact) mass is 480 g/mol. The normalized spacial score (nSPS) is 20.4. The first-order valence-electron chi connectivity index (χ1n) is 10.7. The number of anilines is 3. The molecule has 1 unspecified atom stereocenters. The Morgan fingerprint density at radius 3 is 2.68 bits per heavy atom. The highest BCUT2D eigenvalue weighted by atomic mass is 19.4. The maximum absolute atomic E-state index is 13.5. The van der Waals surface area contributed by atoms with Gasteiger partial charge in [-0.25, -0.2) is 18.7 Å². The van der Waals surface area contributed by atoms with Crippen LogP contribution in [-0.2, 0) is 12.7 Å². The summed E-state index contributed by atoms with van der Waals surface area (Å²) >= 11 is 0. The molecule has 0 spiro atoms. The van der Waals surface area contributed by atoms with E-state index in [1.54, 1.807) is 12.3 Å². The zero-order chi connectivity index (χ0) is 23.9. The fourth-order valence-electron chi connectivity index (χ4n) is 4.17. The number of hydrogen-bond acceptors (Lipinski definition) is 7. The fourth-order valence-corrected chi connectivity index (χ4v) is 4.17. The number of nitrogens with zero attached hydrogens (tertiary/aromatic N) is 6. The van der Waals surface area contributed by atoms with Crippen LogP contribution < -0.4 is 10.2 Å². The largest absolute Gasteiger partial charge is 0.416 e. The van der Waals surface area contributed by atoms with Gasteiger partial charge in [-0.1, -0.05) is 0 Å². The summed E-state index contributed by atoms with van der Waals surface area (Å²) in [6, 6.07) is 3.40. The Bertz CT molecular complexity index is 1140. The van der Waals surface area contributed by atoms with Gasteiger partial charge < -0.3 is 10.2 Å². The summed E-state index contributed by atoms with van der Waals surface area (Å²) in [6.45, 7) is 1.21. The molecule has 3 aromatic heterocycles. The van der Waals surface area contributed by atoms with Crippen LogP contribution in [0.25, 0.3) is 0 Å². The average molecular weight is 480 g/mol. The van der Waals surface area contributed by atoms with Gasteiger partial charge in [0.15, 0.2) is 0 Å². The summed E-state index contributed by atoms with van der Waals surface area (Å²) in [4.78, 5) is 16.3. The van der Waals surface area contributed by atoms with E-state index in [0.717, 1.165) is 36.9 Å². The lowest BCUT2D eigenvalue weighted by Crippen LogP contribution is -2.57. The Balaban J connectivity index is 1.39. The average Bonchev–Trinajstić information content (AvgIpc) is 3.44. The highest BCUT2D eigenvalue weighted by Gasteiger charge is 2.45. The molecule has 180 valence electrons. The number of likely N-dealkylation sites (tertiary alicyclic amines) is 1. The van der Waals surface area contributed by atoms with Crippen LogP contribution in [0.3, 0.4) is 0 Å². The summed E-state index contributed by atoms with van der Waals surface area (Å²) in [5, 5.41) is 9.52. The number of rotatable bonds is 6. The molecule has 0 bridgehead atoms. The SMILES string of the molecule is FC1(F)CN(c2nc(Nc3cc(C(F)(F)F)ccn3)cc(C3CCN(Cc4cn[nH]c4)C3)n2)C1. The van der Waals surface area contributed by atoms with Crippen LogP contribution >= 0.6 is 0 Å². The molecular weight excluding hydrogens is 459 g/mol. The molecule has 0 aliphatic carbocycles. The van der Waals surface area contributed by atoms with Gasteiger partial charge in [0.2, 0.25) is 5.95 Å². The molecule has 2 fully saturated rings. The quantitative estimate of drug-likeness (QED) is 0.519. The van der Waals surface area contributed by atoms with Gasteiger partial charge in [-0.2, -0.15) is 23.3 Å². The van der Waals surface area contributed by atoms with Gasteiger partial charge in [-0.05, 0) is 25.1 Å². The highest BCUT2D eigenvalue weighted by Crippen LogP contribution is 2.35. The van der Waals surface area contributed by atoms with E-state index in [2.05, 4.69) is 35.4 Å². The van der Waals surface area contributed by atoms with Crippen LogP contribution in [0.4, 0.5) is 39.5 Å². The van der Waals surface area contributed by atoms with Crippen molar-refractivity contribution in [2.45, 2.75) is 31.0 Å². The van der Waals surface area contributed by atoms with Gasteiger partial charge in [-0.15, -0.1) is 0 Å². The van der Waals surface area contributed by atoms with E-state index in [9.17, 15) is 22.0 Å². The summed E-state index contributed by atoms with van der Waals surface area (Å²) in [7, 11) is 0. The molecule has 5 heterocycles. The molecule has 8 nitrogen and oxygen atoms in total. The van der Waals surface area contributed by atoms with Crippen molar-refractivity contribution in [3.8, 4) is 0 Å². The van der Waals surface area contributed by atoms with Crippen LogP contribution in [0.15, 0.2) is 36.8 Å². The van der Waals surface area contributed by atoms with E-state index in [0.29, 0.717) is 18.8 Å². The molecule has 2 saturated heterocycles. The number of H-pyrrole nitrogens is 1. The number of pyridine rings is 1. The van der Waals surface area contributed by atoms with E-state index in [4.69, 9.17) is 0 Å². The highest BCUT2D eigenvalue weighted by molar-refractivity contribution is 5.56. The summed E-state index contributed by atoms with van der Waals surface area (Å²) in [5.41, 5.74) is 0.835. The van der Waals surface area contributed by atoms with Crippen LogP contribution in [0.1, 0.15) is 29.2 Å². The second kappa shape index (κ2) is 8.46. The minimum atomic E-state index is -4.52. The molecule has 0 saturated carbocycles. The standard InChI is InChI=1S/C21H21F5N8/c22-20(23)11-34(12-20)19-30-16(14-2-4-33(10-14)9-13-7-28-29-8-13)6-18(32-19)31-17-5-15(1-3-27-17)21(24,25)26/h1,3,5-8,14H,2,4,9-12H2,(H,28,29)(H,27,30,31,32). The molecule has 3 aromatic rings. The predicted molar refractivity (Wildman–Crippen MR) is 113 cm³/mol. The molecule has 5 rings (SSSR count). The van der Waals surface area contributed by atoms with E-state index < -0.39 is 30.8 Å². The third kappa shape index (κ3) is 4.93. The number of alkyl halides is 5. The molecule has 2 N–H and O–H groups in total. The van der Waals surface area contributed by atoms with Gasteiger partial charge in [0.1, 0.15) is 11.6 Å². The summed E-state index contributed by atoms with van der Waals surface area (Å²) < 4.78 is 66.2. The minimum absolute atomic E-state index is 0.0189. The van der Waals surface area contributed by atoms with E-state index in [1.807, 2.05) is 6.20 Å². The first kappa shape index (κ1) is 22.4. The number of nitrogens with one attached hydrogen (secondary N) is 2. The summed E-state index contributed by atoms with van der Waals surface area (Å²) in [6.07, 6.45) is 0.905. The molecule has 2 aliphatic rings. The van der Waals surface area contributed by atoms with Gasteiger partial charge in [0.25, 0.3) is 5.92 Å². The first-order valence-corrected chi connectivity index (χ1v) is 10.7. The van der Waals surface area contributed by atoms with E-state index in [-0.39, 0.29) is 23.5 Å². The Labute approximate surface area is 191 Å². The predicted octanol–water partition coefficient (Wildman–Crippen LogP) is 3.80. The smallest absolute Gasteiger partial charge is 0.329 e. The summed E-state index contributed by atoms with van der Waals surface area (Å²) in [5.74, 6) is -2.52. The van der Waals surface area contributed by atoms with Crippen molar-refractivity contribution >= 4 is 17.6 Å². The van der Waals surface area contributed by atoms with Gasteiger partial charge in [0, 0.05) is 43.0 Å². The maximum atomic E-state index is 13.5. The van der Waals surface area contributed by atoms with Crippen LogP contribution in [0, 0.1) is 0 Å². The Morgan fingerprint density at radius 1 is 1.15 bits per heavy atom. The van der Waals surface area contributed by atoms with Crippen molar-refractivity contribution in [2.24, 2.45) is 0 Å². The number of halogens is 5. The second-order valence-corrected chi connectivity index (χ2v) is 8.57. The van der Waals surface area contributed by atoms with Gasteiger partial charge in [-0.3, -0.25) is 10.00 Å². The van der Waals surface area contributed by atoms with Crippen molar-refractivity contribution in [1.82, 2.24) is 30.0 Å². The fraction of sp³-hybridized carbons (Fsp3) is 0.429. The van der Waals surface area contributed by atoms with Crippen LogP contribution in [0.5, 0.6) is 0 Å². The minimum Gasteiger partial charge on any atom is -0.329 e. The van der Waals surface area contributed by atoms with Gasteiger partial charge in [0.05, 0.1) is 30.5 Å². The first-order chi connectivity index (χ1) is 16.1. The van der Waals surface area contributed by atoms with Crippen molar-refractivity contribution in [3.63, 3.8) is 0 Å². The molecule has 34 heavy (non-hydrogen) atoms. The number of hydrogen-bond donors (Lipinski definition) is 2. The molecule has 13 heteroatoms. The second-order valence-electron chi connectivity index (χ2n) is 8.57. The number of aromatic amines is 1. The molecular formula is C21H21F5N8. The lowest BCUT2D eigenvalue weighted by Gasteiger charge is -2.38. The number of aromatic nitrogens is 5. The van der Waals surface area contributed by atoms with E-state index >= 15 is 0 Å². The molecule has 0 amide bonds. The molecule has 1 atom stereocenters. The lowest BCUT2D eigenvalue weighted by atomic mass is 10.0. The van der Waals surface area contributed by atoms with Crippen molar-refractivity contribution in [2.75, 3.05) is 36.4 Å². The van der Waals surface area contributed by atoms with Crippen molar-refractivity contribution in [3.05, 3.63) is 53.6 Å². The molecule has 0 aromatic carbocycles. The zero-order valence-corrected chi connectivity index (χ0v) is 17.9. The third-order valence-corrected chi connectivity index (χ3v) is 5.86. The molecule has 0 radical (unpaired) electrons. The maximum Gasteiger partial charge on any atom is 0.416 e. The Morgan fingerprint density at radius 2 is 1.97 bits per heavy atom. The third-order valence-electron chi connectivity index (χ3n) is 5.86. The Kier molecular flexibility index (Phi) is 5.58. The van der Waals surface area contributed by atoms with Crippen LogP contribution in [-0.4, -0.2) is 62.2 Å². The molecule has 2 aliphatic heterocycles. The zero-order valence-electron chi connectivity index (χ0n) is 17.9. The Hall–Kier alpha value is -3.35. The van der Waals surface area contributed by atoms with Crippen molar-refractivity contribution < 1.29 is 22.0 Å². The van der Waals surface area contributed by atoms with Crippen LogP contribution in [0.2, 0.25) is 0 Å². The van der Waals surface area contributed by atoms with Crippen molar-refractivity contribution in [1.29, 1.82) is 0 Å². The lowest BCUT2D eigenvalue weighted by molar-refractivity contribution is -0.137. The topological polar surface area (TPSA) is 85.9 Å². The van der Waals surface area contributed by atoms with Gasteiger partial charge >= 0.3 is 6.18 Å². The van der Waals surface area contributed by atoms with E-state index in [1.165, 1.54) is 4.90 Å².